The Morgan fingerprint density at radius 1 is 0.301 bits per heavy atom. The number of aldehydes is 1. The lowest BCUT2D eigenvalue weighted by atomic mass is 10.1. The number of alkyl halides is 5. The summed E-state index contributed by atoms with van der Waals surface area (Å²) in [6, 6.07) is -15.4. The van der Waals surface area contributed by atoms with E-state index in [2.05, 4.69) is 101 Å². The zero-order valence-corrected chi connectivity index (χ0v) is 69.2. The van der Waals surface area contributed by atoms with Gasteiger partial charge in [-0.05, 0) is 179 Å². The van der Waals surface area contributed by atoms with Crippen molar-refractivity contribution in [2.75, 3.05) is 5.34 Å². The number of hydrogen-bond donors (Lipinski definition) is 12. The second-order valence-corrected chi connectivity index (χ2v) is 29.0. The lowest BCUT2D eigenvalue weighted by Crippen LogP contribution is -2.80. The standard InChI is InChI=1S/C37H60N16O12.C21H28N16O12.C2HF3O.CH2Cl2/c1-33(2,3)62-25(54)17-13-21(46-50-38)29(58)42-37(43-30(59)22(47-51-39)14-18-26(55)63-34(4,5)6,44-31(60)23(48-52-40)15-19-27(56)64-35(7,8)9)45-32(61)24(49-53-41)16-20-28(57)65-36(10,11)12;22-34-30-9(1-5-13(38)39)17(46)26-21(27-18(47)10(31-35-23)2-6-14(40)41,28-19(48)11(32-36-24)3-7-15(42)43)29-20(49)12(33-37-25)4-8-16(44)45;3-2(4,5)1-6;2-1-3/h21-24H,13-20H2,1-12H3,(H,42,58)(H,43,59)(H,44,60)(H,45,61);9-12H,1-8H2,(H,26,46)(H,27,47)(H,28,48)(H,29,49)(H,38,39)(H,40,41)(H,42,43)(H,44,45);1H;1H2/t21-,22-,23-,24-;9-,10-,11-,12-;;/m00../s1. The summed E-state index contributed by atoms with van der Waals surface area (Å²) in [6.45, 7) is 18.8. The van der Waals surface area contributed by atoms with Gasteiger partial charge in [0.1, 0.15) is 70.7 Å². The molecule has 8 amide bonds. The van der Waals surface area contributed by atoms with Crippen LogP contribution in [0.2, 0.25) is 0 Å². The molecule has 0 aliphatic rings. The van der Waals surface area contributed by atoms with Gasteiger partial charge in [-0.2, -0.15) is 13.2 Å². The van der Waals surface area contributed by atoms with Gasteiger partial charge >= 0.3 is 53.9 Å². The van der Waals surface area contributed by atoms with Gasteiger partial charge in [0.05, 0.1) is 5.34 Å². The van der Waals surface area contributed by atoms with Gasteiger partial charge in [0.2, 0.25) is 53.5 Å². The number of esters is 4. The van der Waals surface area contributed by atoms with Crippen LogP contribution in [-0.2, 0) is 100 Å². The molecule has 0 unspecified atom stereocenters. The van der Waals surface area contributed by atoms with Crippen LogP contribution in [0.1, 0.15) is 186 Å². The van der Waals surface area contributed by atoms with Crippen LogP contribution < -0.4 is 42.5 Å². The number of carbonyl (C=O) groups excluding carboxylic acids is 13. The quantitative estimate of drug-likeness (QED) is 0.00406. The van der Waals surface area contributed by atoms with Crippen molar-refractivity contribution in [3.8, 4) is 0 Å². The highest BCUT2D eigenvalue weighted by atomic mass is 35.5. The molecule has 0 rings (SSSR count). The van der Waals surface area contributed by atoms with E-state index in [1.54, 1.807) is 83.1 Å². The van der Waals surface area contributed by atoms with Crippen LogP contribution in [0.5, 0.6) is 0 Å². The molecule has 0 radical (unpaired) electrons. The molecule has 0 fully saturated rings. The van der Waals surface area contributed by atoms with Crippen molar-refractivity contribution in [2.24, 2.45) is 40.9 Å². The average Bonchev–Trinajstić information content (AvgIpc) is 0.806. The molecule has 0 saturated heterocycles. The van der Waals surface area contributed by atoms with Crippen molar-refractivity contribution in [1.82, 2.24) is 42.5 Å². The monoisotopic (exact) mass is 1800 g/mol. The van der Waals surface area contributed by atoms with Gasteiger partial charge in [0.15, 0.2) is 0 Å². The summed E-state index contributed by atoms with van der Waals surface area (Å²) in [4.78, 5) is 233. The largest absolute Gasteiger partial charge is 0.481 e. The van der Waals surface area contributed by atoms with Gasteiger partial charge < -0.3 is 39.4 Å². The smallest absolute Gasteiger partial charge is 0.446 e. The number of rotatable bonds is 48. The summed E-state index contributed by atoms with van der Waals surface area (Å²) < 4.78 is 52.3. The minimum absolute atomic E-state index is 0.194. The highest BCUT2D eigenvalue weighted by Crippen LogP contribution is 2.20. The molecule has 0 aliphatic carbocycles. The van der Waals surface area contributed by atoms with E-state index in [0.717, 1.165) is 0 Å². The Morgan fingerprint density at radius 3 is 0.504 bits per heavy atom. The van der Waals surface area contributed by atoms with Crippen molar-refractivity contribution >= 4 is 124 Å². The van der Waals surface area contributed by atoms with E-state index in [4.69, 9.17) is 89.5 Å². The molecule has 0 saturated carbocycles. The number of carbonyl (C=O) groups is 17. The van der Waals surface area contributed by atoms with E-state index in [1.165, 1.54) is 0 Å². The summed E-state index contributed by atoms with van der Waals surface area (Å²) in [5.74, 6) is -27.5. The highest BCUT2D eigenvalue weighted by Gasteiger charge is 2.46. The van der Waals surface area contributed by atoms with E-state index in [9.17, 15) is 112 Å². The van der Waals surface area contributed by atoms with Crippen molar-refractivity contribution in [3.05, 3.63) is 83.5 Å². The zero-order chi connectivity index (χ0) is 95.9. The maximum absolute atomic E-state index is 14.1. The maximum Gasteiger partial charge on any atom is 0.446 e. The van der Waals surface area contributed by atoms with Gasteiger partial charge in [-0.3, -0.25) is 124 Å². The number of carboxylic acid groups (broad SMARTS) is 4. The van der Waals surface area contributed by atoms with Crippen molar-refractivity contribution in [2.45, 2.75) is 275 Å². The maximum atomic E-state index is 14.1. The fourth-order valence-electron chi connectivity index (χ4n) is 8.58. The molecule has 62 heteroatoms. The molecular formula is C61H91Cl2F3N32O25. The van der Waals surface area contributed by atoms with E-state index in [-0.39, 0.29) is 5.34 Å². The van der Waals surface area contributed by atoms with E-state index < -0.39 is 293 Å². The molecule has 0 aliphatic heterocycles. The Kier molecular flexibility index (Phi) is 54.4. The summed E-state index contributed by atoms with van der Waals surface area (Å²) in [7, 11) is 0. The minimum Gasteiger partial charge on any atom is -0.481 e. The number of ether oxygens (including phenoxy) is 4. The van der Waals surface area contributed by atoms with Crippen molar-refractivity contribution < 1.29 is 134 Å². The summed E-state index contributed by atoms with van der Waals surface area (Å²) in [5, 5.41) is 78.4. The van der Waals surface area contributed by atoms with Crippen LogP contribution in [0.3, 0.4) is 0 Å². The van der Waals surface area contributed by atoms with Crippen LogP contribution in [0.4, 0.5) is 13.2 Å². The Morgan fingerprint density at radius 2 is 0.415 bits per heavy atom. The van der Waals surface area contributed by atoms with E-state index in [0.29, 0.717) is 0 Å². The molecule has 57 nitrogen and oxygen atoms in total. The molecule has 8 atom stereocenters. The first kappa shape index (κ1) is 115. The molecule has 0 aromatic rings. The Hall–Kier alpha value is -14.0. The molecule has 680 valence electrons. The number of carboxylic acids is 4. The first-order valence-corrected chi connectivity index (χ1v) is 36.2. The number of hydrogen-bond acceptors (Lipinski definition) is 29. The average molecular weight is 1800 g/mol. The molecule has 0 aromatic heterocycles. The number of aliphatic carboxylic acids is 4. The fourth-order valence-corrected chi connectivity index (χ4v) is 8.58. The Balaban J connectivity index is -0.00000108. The number of halogens is 5. The minimum atomic E-state index is -4.64. The first-order chi connectivity index (χ1) is 56.8. The Bertz CT molecular complexity index is 3650. The number of nitrogens with one attached hydrogen (secondary N) is 8. The van der Waals surface area contributed by atoms with Gasteiger partial charge in [0.25, 0.3) is 11.8 Å². The zero-order valence-electron chi connectivity index (χ0n) is 67.7. The lowest BCUT2D eigenvalue weighted by molar-refractivity contribution is -0.156. The van der Waals surface area contributed by atoms with Gasteiger partial charge in [0, 0.05) is 90.7 Å². The molecule has 123 heavy (non-hydrogen) atoms. The van der Waals surface area contributed by atoms with Gasteiger partial charge in [-0.25, -0.2) is 0 Å². The van der Waals surface area contributed by atoms with Crippen LogP contribution in [-0.4, -0.2) is 216 Å². The summed E-state index contributed by atoms with van der Waals surface area (Å²) >= 11 is 9.53. The molecule has 0 heterocycles. The normalized spacial score (nSPS) is 13.5. The molecule has 0 spiro atoms. The Labute approximate surface area is 703 Å². The second kappa shape index (κ2) is 58.0. The van der Waals surface area contributed by atoms with Crippen LogP contribution >= 0.6 is 23.2 Å². The third-order valence-electron chi connectivity index (χ3n) is 13.3. The summed E-state index contributed by atoms with van der Waals surface area (Å²) in [5.41, 5.74) is 69.4. The van der Waals surface area contributed by atoms with Crippen LogP contribution in [0.25, 0.3) is 83.5 Å². The summed E-state index contributed by atoms with van der Waals surface area (Å²) in [6.07, 6.45) is -16.2. The predicted molar refractivity (Wildman–Crippen MR) is 411 cm³/mol. The number of nitrogens with zero attached hydrogens (tertiary/aromatic N) is 24. The lowest BCUT2D eigenvalue weighted by Gasteiger charge is -2.39. The molecule has 0 aromatic carbocycles. The molecular weight excluding hydrogens is 1710 g/mol. The third-order valence-corrected chi connectivity index (χ3v) is 13.3. The van der Waals surface area contributed by atoms with Gasteiger partial charge in [-0.1, -0.05) is 40.9 Å². The number of amides is 8. The molecule has 12 N–H and O–H groups in total. The van der Waals surface area contributed by atoms with Crippen LogP contribution in [0, 0.1) is 0 Å². The van der Waals surface area contributed by atoms with E-state index >= 15 is 0 Å². The number of azide groups is 8. The topological polar surface area (TPSA) is 894 Å². The van der Waals surface area contributed by atoms with Crippen molar-refractivity contribution in [1.29, 1.82) is 0 Å². The van der Waals surface area contributed by atoms with Crippen LogP contribution in [0.15, 0.2) is 40.9 Å². The highest BCUT2D eigenvalue weighted by molar-refractivity contribution is 6.40. The third kappa shape index (κ3) is 57.7. The SMILES string of the molecule is CC(C)(C)OC(=O)CC[C@H](N=[N+]=[N-])C(=O)NC(NC(=O)[C@H](CCC(=O)OC(C)(C)C)N=[N+]=[N-])(NC(=O)[C@H](CCC(=O)OC(C)(C)C)N=[N+]=[N-])NC(=O)[C@H](CCC(=O)OC(C)(C)C)N=[N+]=[N-].ClCCl.O=CC(F)(F)F.[N-]=[N+]=N[C@@H](CCC(=O)O)C(=O)NC(NC(=O)[C@H](CCC(=O)O)N=[N+]=[N-])(NC(=O)[C@H](CCC(=O)O)N=[N+]=[N-])NC(=O)[C@H](CCC(=O)O)N=[N+]=[N-]. The van der Waals surface area contributed by atoms with E-state index in [1.807, 2.05) is 21.3 Å². The molecule has 0 bridgehead atoms. The predicted octanol–water partition coefficient (Wildman–Crippen LogP) is 7.67. The second-order valence-electron chi connectivity index (χ2n) is 28.2. The van der Waals surface area contributed by atoms with Crippen molar-refractivity contribution in [3.63, 3.8) is 0 Å². The fraction of sp³-hybridized carbons (Fsp3) is 0.721. The first-order valence-electron chi connectivity index (χ1n) is 35.1. The van der Waals surface area contributed by atoms with Gasteiger partial charge in [-0.15, -0.1) is 23.2 Å².